The molecular weight excluding hydrogens is 457 g/mol. The highest BCUT2D eigenvalue weighted by atomic mass is 31.1. The van der Waals surface area contributed by atoms with Crippen molar-refractivity contribution in [3.05, 3.63) is 101 Å². The smallest absolute Gasteiger partial charge is 0.459 e. The van der Waals surface area contributed by atoms with Gasteiger partial charge >= 0.3 is 20.0 Å². The van der Waals surface area contributed by atoms with Crippen LogP contribution in [0.1, 0.15) is 22.3 Å². The minimum absolute atomic E-state index is 0.0375. The molecule has 34 heavy (non-hydrogen) atoms. The Morgan fingerprint density at radius 1 is 0.824 bits per heavy atom. The number of carbonyl (C=O) groups is 2. The monoisotopic (exact) mass is 481 g/mol. The Labute approximate surface area is 197 Å². The summed E-state index contributed by atoms with van der Waals surface area (Å²) in [6.07, 6.45) is -0.739. The Morgan fingerprint density at radius 3 is 2.00 bits per heavy atom. The summed E-state index contributed by atoms with van der Waals surface area (Å²) in [7, 11) is -3.09. The van der Waals surface area contributed by atoms with Crippen LogP contribution in [-0.2, 0) is 43.0 Å². The number of benzene rings is 3. The van der Waals surface area contributed by atoms with Gasteiger partial charge in [0.25, 0.3) is 0 Å². The van der Waals surface area contributed by atoms with E-state index in [1.54, 1.807) is 19.1 Å². The molecule has 3 aromatic rings. The lowest BCUT2D eigenvalue weighted by atomic mass is 10.0. The number of alkyl carbamates (subject to hydrolysis) is 1. The standard InChI is InChI=1S/C25H24NO7P/c1-18-12-13-21(15-23(18)33-34(29)30)14-22(24(27)31-16-19-8-4-2-5-9-19)26-25(28)32-17-20-10-6-3-7-11-20/h2-13,15,22H,14,16-17H2,1H3,(H,26,28)/t22-/m0/s1. The van der Waals surface area contributed by atoms with Gasteiger partial charge in [-0.1, -0.05) is 72.8 Å². The molecule has 0 aliphatic carbocycles. The summed E-state index contributed by atoms with van der Waals surface area (Å²) in [4.78, 5) is 25.3. The Morgan fingerprint density at radius 2 is 1.41 bits per heavy atom. The molecule has 9 heteroatoms. The zero-order chi connectivity index (χ0) is 24.3. The molecule has 0 radical (unpaired) electrons. The summed E-state index contributed by atoms with van der Waals surface area (Å²) in [6, 6.07) is 22.1. The van der Waals surface area contributed by atoms with Gasteiger partial charge in [0.05, 0.1) is 0 Å². The predicted molar refractivity (Wildman–Crippen MR) is 124 cm³/mol. The van der Waals surface area contributed by atoms with Gasteiger partial charge in [-0.15, -0.1) is 0 Å². The molecule has 3 aromatic carbocycles. The van der Waals surface area contributed by atoms with Crippen molar-refractivity contribution in [1.29, 1.82) is 0 Å². The van der Waals surface area contributed by atoms with E-state index in [9.17, 15) is 18.7 Å². The molecule has 3 rings (SSSR count). The van der Waals surface area contributed by atoms with E-state index < -0.39 is 26.0 Å². The first-order valence-electron chi connectivity index (χ1n) is 10.5. The Bertz CT molecular complexity index is 1170. The number of rotatable bonds is 10. The van der Waals surface area contributed by atoms with E-state index in [0.29, 0.717) is 11.1 Å². The summed E-state index contributed by atoms with van der Waals surface area (Å²) >= 11 is 0. The van der Waals surface area contributed by atoms with Gasteiger partial charge in [-0.2, -0.15) is 9.13 Å². The van der Waals surface area contributed by atoms with Gasteiger partial charge in [-0.05, 0) is 35.2 Å². The van der Waals surface area contributed by atoms with Crippen LogP contribution in [0.3, 0.4) is 0 Å². The summed E-state index contributed by atoms with van der Waals surface area (Å²) < 4.78 is 37.4. The largest absolute Gasteiger partial charge is 0.529 e. The number of hydrogen-bond acceptors (Lipinski definition) is 7. The van der Waals surface area contributed by atoms with Crippen molar-refractivity contribution in [3.63, 3.8) is 0 Å². The molecule has 176 valence electrons. The molecule has 0 fully saturated rings. The normalized spacial score (nSPS) is 11.2. The van der Waals surface area contributed by atoms with E-state index >= 15 is 0 Å². The van der Waals surface area contributed by atoms with Crippen LogP contribution in [0.2, 0.25) is 0 Å². The molecular formula is C25H24NO7P. The first-order chi connectivity index (χ1) is 16.4. The maximum Gasteiger partial charge on any atom is 0.529 e. The van der Waals surface area contributed by atoms with Gasteiger partial charge in [0.1, 0.15) is 25.0 Å². The van der Waals surface area contributed by atoms with Crippen LogP contribution >= 0.6 is 7.91 Å². The average Bonchev–Trinajstić information content (AvgIpc) is 2.84. The third kappa shape index (κ3) is 7.90. The van der Waals surface area contributed by atoms with Gasteiger partial charge < -0.3 is 19.3 Å². The first kappa shape index (κ1) is 24.7. The first-order valence-corrected chi connectivity index (χ1v) is 11.6. The number of carbonyl (C=O) groups excluding carboxylic acids is 2. The third-order valence-electron chi connectivity index (χ3n) is 4.88. The molecule has 0 saturated carbocycles. The Balaban J connectivity index is 1.71. The number of ether oxygens (including phenoxy) is 2. The fraction of sp³-hybridized carbons (Fsp3) is 0.200. The fourth-order valence-corrected chi connectivity index (χ4v) is 3.47. The zero-order valence-corrected chi connectivity index (χ0v) is 19.4. The topological polar surface area (TPSA) is 108 Å². The van der Waals surface area contributed by atoms with Gasteiger partial charge in [0.15, 0.2) is 0 Å². The van der Waals surface area contributed by atoms with Crippen molar-refractivity contribution >= 4 is 20.0 Å². The van der Waals surface area contributed by atoms with Crippen LogP contribution in [-0.4, -0.2) is 18.1 Å². The predicted octanol–water partition coefficient (Wildman–Crippen LogP) is 5.04. The Kier molecular flexibility index (Phi) is 9.00. The number of hydrogen-bond donors (Lipinski definition) is 1. The highest BCUT2D eigenvalue weighted by Crippen LogP contribution is 2.25. The van der Waals surface area contributed by atoms with Gasteiger partial charge in [-0.25, -0.2) is 9.59 Å². The molecule has 0 heterocycles. The van der Waals surface area contributed by atoms with Crippen LogP contribution < -0.4 is 9.84 Å². The summed E-state index contributed by atoms with van der Waals surface area (Å²) in [5.74, 6) is -0.505. The summed E-state index contributed by atoms with van der Waals surface area (Å²) in [5.41, 5.74) is 2.78. The van der Waals surface area contributed by atoms with Crippen molar-refractivity contribution in [1.82, 2.24) is 5.32 Å². The molecule has 0 saturated heterocycles. The number of esters is 1. The maximum absolute atomic E-state index is 12.8. The fourth-order valence-electron chi connectivity index (χ4n) is 3.12. The molecule has 0 unspecified atom stereocenters. The number of amides is 1. The highest BCUT2D eigenvalue weighted by molar-refractivity contribution is 7.25. The maximum atomic E-state index is 12.8. The van der Waals surface area contributed by atoms with Crippen molar-refractivity contribution in [2.24, 2.45) is 0 Å². The number of aryl methyl sites for hydroxylation is 1. The quantitative estimate of drug-likeness (QED) is 0.319. The highest BCUT2D eigenvalue weighted by Gasteiger charge is 2.24. The second kappa shape index (κ2) is 12.4. The van der Waals surface area contributed by atoms with Gasteiger partial charge in [-0.3, -0.25) is 0 Å². The minimum atomic E-state index is -3.09. The lowest BCUT2D eigenvalue weighted by molar-refractivity contribution is -0.147. The van der Waals surface area contributed by atoms with Crippen LogP contribution in [0.15, 0.2) is 78.9 Å². The molecule has 0 aliphatic heterocycles. The SMILES string of the molecule is Cc1ccc(C[C@H](NC(=O)OCc2ccccc2)C(=O)OCc2ccccc2)cc1OP(=O)=O. The van der Waals surface area contributed by atoms with Gasteiger partial charge in [0.2, 0.25) is 0 Å². The van der Waals surface area contributed by atoms with E-state index in [1.165, 1.54) is 6.07 Å². The molecule has 1 N–H and O–H groups in total. The molecule has 1 amide bonds. The zero-order valence-electron chi connectivity index (χ0n) is 18.5. The second-order valence-electron chi connectivity index (χ2n) is 7.47. The molecule has 0 aromatic heterocycles. The lowest BCUT2D eigenvalue weighted by Gasteiger charge is -2.18. The van der Waals surface area contributed by atoms with E-state index in [0.717, 1.165) is 11.1 Å². The second-order valence-corrected chi connectivity index (χ2v) is 8.10. The van der Waals surface area contributed by atoms with E-state index in [1.807, 2.05) is 60.7 Å². The molecule has 0 spiro atoms. The molecule has 1 atom stereocenters. The van der Waals surface area contributed by atoms with Crippen molar-refractivity contribution < 1.29 is 32.7 Å². The van der Waals surface area contributed by atoms with Crippen LogP contribution in [0.4, 0.5) is 4.79 Å². The molecule has 8 nitrogen and oxygen atoms in total. The summed E-state index contributed by atoms with van der Waals surface area (Å²) in [6.45, 7) is 1.77. The van der Waals surface area contributed by atoms with Gasteiger partial charge in [0, 0.05) is 6.42 Å². The van der Waals surface area contributed by atoms with Crippen molar-refractivity contribution in [2.45, 2.75) is 32.6 Å². The van der Waals surface area contributed by atoms with E-state index in [-0.39, 0.29) is 25.4 Å². The average molecular weight is 481 g/mol. The van der Waals surface area contributed by atoms with Crippen LogP contribution in [0.25, 0.3) is 0 Å². The van der Waals surface area contributed by atoms with Crippen molar-refractivity contribution in [2.75, 3.05) is 0 Å². The third-order valence-corrected chi connectivity index (χ3v) is 5.22. The van der Waals surface area contributed by atoms with Crippen LogP contribution in [0.5, 0.6) is 5.75 Å². The molecule has 0 bridgehead atoms. The Hall–Kier alpha value is -3.90. The van der Waals surface area contributed by atoms with E-state index in [4.69, 9.17) is 14.0 Å². The summed E-state index contributed by atoms with van der Waals surface area (Å²) in [5, 5.41) is 2.55. The minimum Gasteiger partial charge on any atom is -0.459 e. The van der Waals surface area contributed by atoms with E-state index in [2.05, 4.69) is 5.32 Å². The molecule has 0 aliphatic rings. The van der Waals surface area contributed by atoms with Crippen LogP contribution in [0, 0.1) is 6.92 Å². The lowest BCUT2D eigenvalue weighted by Crippen LogP contribution is -2.43. The number of nitrogens with one attached hydrogen (secondary N) is 1. The van der Waals surface area contributed by atoms with Crippen molar-refractivity contribution in [3.8, 4) is 5.75 Å².